The van der Waals surface area contributed by atoms with Crippen LogP contribution in [0.25, 0.3) is 11.4 Å². The van der Waals surface area contributed by atoms with Gasteiger partial charge in [0.15, 0.2) is 5.82 Å². The molecular formula is C25H33ClN6O2. The predicted molar refractivity (Wildman–Crippen MR) is 138 cm³/mol. The molecule has 2 aromatic carbocycles. The normalized spacial score (nSPS) is 11.4. The summed E-state index contributed by atoms with van der Waals surface area (Å²) in [6, 6.07) is 15.7. The average Bonchev–Trinajstić information content (AvgIpc) is 2.82. The molecule has 0 radical (unpaired) electrons. The zero-order valence-corrected chi connectivity index (χ0v) is 20.7. The van der Waals surface area contributed by atoms with E-state index in [2.05, 4.69) is 58.5 Å². The van der Waals surface area contributed by atoms with Gasteiger partial charge in [0.05, 0.1) is 26.4 Å². The summed E-state index contributed by atoms with van der Waals surface area (Å²) in [5.41, 5.74) is 8.45. The largest absolute Gasteiger partial charge is 0.378 e. The van der Waals surface area contributed by atoms with Crippen molar-refractivity contribution in [1.29, 1.82) is 0 Å². The number of ether oxygens (including phenoxy) is 2. The van der Waals surface area contributed by atoms with E-state index in [0.717, 1.165) is 11.3 Å². The number of aromatic nitrogens is 3. The van der Waals surface area contributed by atoms with Gasteiger partial charge in [0.2, 0.25) is 11.9 Å². The van der Waals surface area contributed by atoms with Crippen LogP contribution in [0.5, 0.6) is 0 Å². The van der Waals surface area contributed by atoms with Gasteiger partial charge in [-0.15, -0.1) is 0 Å². The molecule has 1 heterocycles. The molecule has 0 aliphatic rings. The third-order valence-electron chi connectivity index (χ3n) is 4.91. The smallest absolute Gasteiger partial charge is 0.232 e. The van der Waals surface area contributed by atoms with Gasteiger partial charge in [0.1, 0.15) is 0 Å². The monoisotopic (exact) mass is 484 g/mol. The van der Waals surface area contributed by atoms with Crippen molar-refractivity contribution < 1.29 is 9.47 Å². The van der Waals surface area contributed by atoms with Crippen molar-refractivity contribution in [3.63, 3.8) is 0 Å². The molecule has 0 saturated heterocycles. The fourth-order valence-corrected chi connectivity index (χ4v) is 3.19. The van der Waals surface area contributed by atoms with Gasteiger partial charge in [-0.3, -0.25) is 0 Å². The van der Waals surface area contributed by atoms with Crippen molar-refractivity contribution in [1.82, 2.24) is 15.0 Å². The van der Waals surface area contributed by atoms with Crippen molar-refractivity contribution in [3.05, 3.63) is 59.1 Å². The first kappa shape index (κ1) is 25.8. The lowest BCUT2D eigenvalue weighted by Gasteiger charge is -2.19. The van der Waals surface area contributed by atoms with Gasteiger partial charge in [-0.25, -0.2) is 0 Å². The summed E-state index contributed by atoms with van der Waals surface area (Å²) >= 11 is 6.00. The number of hydrogen-bond acceptors (Lipinski definition) is 8. The number of hydrogen-bond donors (Lipinski definition) is 3. The molecular weight excluding hydrogens is 452 g/mol. The maximum Gasteiger partial charge on any atom is 0.232 e. The summed E-state index contributed by atoms with van der Waals surface area (Å²) in [7, 11) is 0. The van der Waals surface area contributed by atoms with Crippen LogP contribution in [0.4, 0.5) is 17.6 Å². The molecule has 0 spiro atoms. The minimum absolute atomic E-state index is 0.0704. The van der Waals surface area contributed by atoms with Crippen LogP contribution in [0.2, 0.25) is 5.02 Å². The highest BCUT2D eigenvalue weighted by atomic mass is 35.5. The maximum absolute atomic E-state index is 6.00. The van der Waals surface area contributed by atoms with Crippen LogP contribution in [0, 0.1) is 0 Å². The topological polar surface area (TPSA) is 107 Å². The van der Waals surface area contributed by atoms with E-state index in [1.54, 1.807) is 0 Å². The van der Waals surface area contributed by atoms with Crippen LogP contribution in [0.3, 0.4) is 0 Å². The van der Waals surface area contributed by atoms with Gasteiger partial charge in [0.25, 0.3) is 0 Å². The zero-order chi connectivity index (χ0) is 24.4. The summed E-state index contributed by atoms with van der Waals surface area (Å²) < 4.78 is 10.9. The number of nitrogens with one attached hydrogen (secondary N) is 2. The van der Waals surface area contributed by atoms with Gasteiger partial charge in [-0.2, -0.15) is 15.0 Å². The van der Waals surface area contributed by atoms with E-state index >= 15 is 0 Å². The van der Waals surface area contributed by atoms with Gasteiger partial charge < -0.3 is 25.8 Å². The Balaban J connectivity index is 1.73. The molecule has 3 rings (SSSR count). The Morgan fingerprint density at radius 3 is 2.12 bits per heavy atom. The van der Waals surface area contributed by atoms with Crippen LogP contribution in [-0.4, -0.2) is 54.5 Å². The average molecular weight is 485 g/mol. The maximum atomic E-state index is 6.00. The number of halogens is 1. The molecule has 0 atom stereocenters. The van der Waals surface area contributed by atoms with Crippen molar-refractivity contribution in [2.24, 2.45) is 5.73 Å². The summed E-state index contributed by atoms with van der Waals surface area (Å²) in [4.78, 5) is 13.8. The first-order chi connectivity index (χ1) is 16.3. The Kier molecular flexibility index (Phi) is 9.59. The molecule has 0 bridgehead atoms. The van der Waals surface area contributed by atoms with Gasteiger partial charge in [-0.05, 0) is 35.2 Å². The third-order valence-corrected chi connectivity index (χ3v) is 5.16. The molecule has 34 heavy (non-hydrogen) atoms. The number of nitrogens with two attached hydrogens (primary N) is 1. The second kappa shape index (κ2) is 12.6. The van der Waals surface area contributed by atoms with Gasteiger partial charge in [0, 0.05) is 29.4 Å². The predicted octanol–water partition coefficient (Wildman–Crippen LogP) is 4.64. The molecule has 1 aromatic heterocycles. The van der Waals surface area contributed by atoms with E-state index in [1.165, 1.54) is 5.56 Å². The van der Waals surface area contributed by atoms with Crippen molar-refractivity contribution in [3.8, 4) is 11.4 Å². The molecule has 4 N–H and O–H groups in total. The van der Waals surface area contributed by atoms with Crippen molar-refractivity contribution in [2.75, 3.05) is 50.2 Å². The molecule has 8 nitrogen and oxygen atoms in total. The van der Waals surface area contributed by atoms with Crippen molar-refractivity contribution >= 4 is 29.2 Å². The van der Waals surface area contributed by atoms with Crippen LogP contribution in [0.15, 0.2) is 48.5 Å². The van der Waals surface area contributed by atoms with Crippen LogP contribution < -0.4 is 16.4 Å². The van der Waals surface area contributed by atoms with Crippen LogP contribution in [-0.2, 0) is 14.9 Å². The number of benzene rings is 2. The zero-order valence-electron chi connectivity index (χ0n) is 20.0. The minimum atomic E-state index is 0.0704. The molecule has 9 heteroatoms. The molecule has 0 aliphatic heterocycles. The lowest BCUT2D eigenvalue weighted by molar-refractivity contribution is 0.0547. The number of rotatable bonds is 12. The van der Waals surface area contributed by atoms with E-state index in [0.29, 0.717) is 62.3 Å². The fraction of sp³-hybridized carbons (Fsp3) is 0.400. The van der Waals surface area contributed by atoms with Gasteiger partial charge in [-0.1, -0.05) is 56.6 Å². The number of anilines is 3. The quantitative estimate of drug-likeness (QED) is 0.319. The second-order valence-corrected chi connectivity index (χ2v) is 9.14. The lowest BCUT2D eigenvalue weighted by atomic mass is 9.87. The molecule has 0 saturated carbocycles. The van der Waals surface area contributed by atoms with E-state index in [-0.39, 0.29) is 5.41 Å². The lowest BCUT2D eigenvalue weighted by Crippen LogP contribution is -2.16. The standard InChI is InChI=1S/C25H33ClN6O2/c1-25(2,3)19-6-4-18(5-7-19)22-30-23(28-13-15-34-17-16-33-14-12-27)32-24(31-22)29-21-10-8-20(26)9-11-21/h4-11H,12-17,27H2,1-3H3,(H2,28,29,30,31,32). The molecule has 0 unspecified atom stereocenters. The van der Waals surface area contributed by atoms with E-state index < -0.39 is 0 Å². The first-order valence-electron chi connectivity index (χ1n) is 11.3. The highest BCUT2D eigenvalue weighted by Crippen LogP contribution is 2.26. The summed E-state index contributed by atoms with van der Waals surface area (Å²) in [5, 5.41) is 7.11. The Labute approximate surface area is 206 Å². The Bertz CT molecular complexity index is 1020. The molecule has 0 aliphatic carbocycles. The van der Waals surface area contributed by atoms with E-state index in [9.17, 15) is 0 Å². The van der Waals surface area contributed by atoms with E-state index in [1.807, 2.05) is 36.4 Å². The number of nitrogens with zero attached hydrogens (tertiary/aromatic N) is 3. The second-order valence-electron chi connectivity index (χ2n) is 8.71. The Morgan fingerprint density at radius 1 is 0.824 bits per heavy atom. The minimum Gasteiger partial charge on any atom is -0.378 e. The Hall–Kier alpha value is -2.78. The summed E-state index contributed by atoms with van der Waals surface area (Å²) in [6.45, 7) is 9.68. The fourth-order valence-electron chi connectivity index (χ4n) is 3.06. The highest BCUT2D eigenvalue weighted by molar-refractivity contribution is 6.30. The highest BCUT2D eigenvalue weighted by Gasteiger charge is 2.15. The van der Waals surface area contributed by atoms with Gasteiger partial charge >= 0.3 is 0 Å². The molecule has 0 amide bonds. The SMILES string of the molecule is CC(C)(C)c1ccc(-c2nc(NCCOCCOCCN)nc(Nc3ccc(Cl)cc3)n2)cc1. The third kappa shape index (κ3) is 8.22. The molecule has 182 valence electrons. The molecule has 3 aromatic rings. The van der Waals surface area contributed by atoms with Crippen LogP contribution in [0.1, 0.15) is 26.3 Å². The molecule has 0 fully saturated rings. The summed E-state index contributed by atoms with van der Waals surface area (Å²) in [5.74, 6) is 1.47. The Morgan fingerprint density at radius 2 is 1.47 bits per heavy atom. The van der Waals surface area contributed by atoms with E-state index in [4.69, 9.17) is 26.8 Å². The van der Waals surface area contributed by atoms with Crippen LogP contribution >= 0.6 is 11.6 Å². The first-order valence-corrected chi connectivity index (χ1v) is 11.7. The summed E-state index contributed by atoms with van der Waals surface area (Å²) in [6.07, 6.45) is 0. The van der Waals surface area contributed by atoms with Crippen molar-refractivity contribution in [2.45, 2.75) is 26.2 Å².